The van der Waals surface area contributed by atoms with Crippen LogP contribution in [0.5, 0.6) is 5.88 Å². The lowest BCUT2D eigenvalue weighted by Crippen LogP contribution is -2.41. The molecule has 1 amide bonds. The molecule has 0 saturated heterocycles. The Kier molecular flexibility index (Phi) is 3.36. The minimum absolute atomic E-state index is 0.0176. The van der Waals surface area contributed by atoms with Crippen molar-refractivity contribution in [2.45, 2.75) is 38.8 Å². The van der Waals surface area contributed by atoms with E-state index in [1.165, 1.54) is 11.3 Å². The molecule has 2 aliphatic rings. The van der Waals surface area contributed by atoms with E-state index in [-0.39, 0.29) is 11.9 Å². The number of pyridine rings is 1. The normalized spacial score (nSPS) is 19.4. The fourth-order valence-electron chi connectivity index (χ4n) is 3.77. The van der Waals surface area contributed by atoms with Crippen molar-refractivity contribution in [2.75, 3.05) is 13.7 Å². The van der Waals surface area contributed by atoms with Crippen molar-refractivity contribution < 1.29 is 9.53 Å². The third-order valence-corrected chi connectivity index (χ3v) is 5.04. The number of fused-ring (bicyclic) bond motifs is 2. The molecule has 0 saturated carbocycles. The average Bonchev–Trinajstić information content (AvgIpc) is 3.22. The van der Waals surface area contributed by atoms with Gasteiger partial charge >= 0.3 is 0 Å². The van der Waals surface area contributed by atoms with Gasteiger partial charge in [-0.25, -0.2) is 4.98 Å². The number of methoxy groups -OCH3 is 1. The van der Waals surface area contributed by atoms with Gasteiger partial charge in [0.15, 0.2) is 0 Å². The summed E-state index contributed by atoms with van der Waals surface area (Å²) >= 11 is 0. The summed E-state index contributed by atoms with van der Waals surface area (Å²) in [6, 6.07) is 6.18. The number of ether oxygens (including phenoxy) is 1. The quantitative estimate of drug-likeness (QED) is 0.856. The second kappa shape index (κ2) is 5.41. The molecule has 0 aromatic carbocycles. The average molecular weight is 311 g/mol. The Hall–Kier alpha value is -2.30. The first-order valence-corrected chi connectivity index (χ1v) is 8.22. The molecule has 120 valence electrons. The minimum Gasteiger partial charge on any atom is -0.480 e. The van der Waals surface area contributed by atoms with Crippen molar-refractivity contribution in [1.82, 2.24) is 14.5 Å². The van der Waals surface area contributed by atoms with Crippen LogP contribution < -0.4 is 4.74 Å². The van der Waals surface area contributed by atoms with Crippen molar-refractivity contribution in [3.05, 3.63) is 46.9 Å². The maximum Gasteiger partial charge on any atom is 0.259 e. The predicted octanol–water partition coefficient (Wildman–Crippen LogP) is 2.60. The van der Waals surface area contributed by atoms with E-state index in [0.29, 0.717) is 18.0 Å². The van der Waals surface area contributed by atoms with Crippen LogP contribution >= 0.6 is 0 Å². The molecule has 1 aliphatic carbocycles. The second-order valence-corrected chi connectivity index (χ2v) is 6.31. The van der Waals surface area contributed by atoms with Gasteiger partial charge in [-0.2, -0.15) is 0 Å². The molecule has 0 fully saturated rings. The first-order chi connectivity index (χ1) is 11.2. The second-order valence-electron chi connectivity index (χ2n) is 6.31. The fourth-order valence-corrected chi connectivity index (χ4v) is 3.77. The highest BCUT2D eigenvalue weighted by molar-refractivity contribution is 5.97. The summed E-state index contributed by atoms with van der Waals surface area (Å²) in [5, 5.41) is 0. The van der Waals surface area contributed by atoms with Gasteiger partial charge < -0.3 is 14.2 Å². The molecule has 4 rings (SSSR count). The third-order valence-electron chi connectivity index (χ3n) is 5.04. The standard InChI is InChI=1S/C18H21N3O2/c1-12-16-7-4-8-20(16)9-10-21(12)18(22)14-11-13-5-3-6-15(13)19-17(14)23-2/h4,7-8,11-12H,3,5-6,9-10H2,1-2H3/t12-/m0/s1. The van der Waals surface area contributed by atoms with Crippen LogP contribution in [-0.2, 0) is 19.4 Å². The van der Waals surface area contributed by atoms with Gasteiger partial charge in [0.05, 0.1) is 13.2 Å². The molecular weight excluding hydrogens is 290 g/mol. The lowest BCUT2D eigenvalue weighted by molar-refractivity contribution is 0.0639. The highest BCUT2D eigenvalue weighted by Gasteiger charge is 2.31. The van der Waals surface area contributed by atoms with Gasteiger partial charge in [-0.3, -0.25) is 4.79 Å². The van der Waals surface area contributed by atoms with Gasteiger partial charge in [0, 0.05) is 30.7 Å². The maximum atomic E-state index is 13.1. The first-order valence-electron chi connectivity index (χ1n) is 8.22. The van der Waals surface area contributed by atoms with Gasteiger partial charge in [0.1, 0.15) is 5.56 Å². The van der Waals surface area contributed by atoms with Gasteiger partial charge in [-0.15, -0.1) is 0 Å². The Bertz CT molecular complexity index is 766. The SMILES string of the molecule is COc1nc2c(cc1C(=O)N1CCn3cccc3[C@@H]1C)CCC2. The monoisotopic (exact) mass is 311 g/mol. The zero-order valence-electron chi connectivity index (χ0n) is 13.6. The summed E-state index contributed by atoms with van der Waals surface area (Å²) in [6.45, 7) is 3.62. The molecule has 0 N–H and O–H groups in total. The molecule has 0 bridgehead atoms. The summed E-state index contributed by atoms with van der Waals surface area (Å²) in [5.41, 5.74) is 4.05. The molecule has 1 atom stereocenters. The van der Waals surface area contributed by atoms with Crippen molar-refractivity contribution >= 4 is 5.91 Å². The smallest absolute Gasteiger partial charge is 0.259 e. The maximum absolute atomic E-state index is 13.1. The summed E-state index contributed by atoms with van der Waals surface area (Å²) < 4.78 is 7.62. The molecule has 3 heterocycles. The van der Waals surface area contributed by atoms with E-state index in [9.17, 15) is 4.79 Å². The number of aryl methyl sites for hydroxylation is 2. The molecule has 0 radical (unpaired) electrons. The van der Waals surface area contributed by atoms with Gasteiger partial charge in [0.2, 0.25) is 5.88 Å². The largest absolute Gasteiger partial charge is 0.480 e. The molecule has 2 aromatic rings. The van der Waals surface area contributed by atoms with E-state index in [1.54, 1.807) is 7.11 Å². The van der Waals surface area contributed by atoms with Gasteiger partial charge in [-0.05, 0) is 49.9 Å². The van der Waals surface area contributed by atoms with Crippen molar-refractivity contribution in [2.24, 2.45) is 0 Å². The van der Waals surface area contributed by atoms with Crippen LogP contribution in [0.1, 0.15) is 46.7 Å². The summed E-state index contributed by atoms with van der Waals surface area (Å²) in [6.07, 6.45) is 5.17. The van der Waals surface area contributed by atoms with Crippen LogP contribution in [0.3, 0.4) is 0 Å². The van der Waals surface area contributed by atoms with Crippen LogP contribution in [0.25, 0.3) is 0 Å². The highest BCUT2D eigenvalue weighted by atomic mass is 16.5. The lowest BCUT2D eigenvalue weighted by Gasteiger charge is -2.35. The van der Waals surface area contributed by atoms with Crippen molar-refractivity contribution in [1.29, 1.82) is 0 Å². The van der Waals surface area contributed by atoms with Crippen LogP contribution in [0.2, 0.25) is 0 Å². The Balaban J connectivity index is 1.70. The molecule has 2 aromatic heterocycles. The van der Waals surface area contributed by atoms with Crippen LogP contribution in [-0.4, -0.2) is 34.0 Å². The topological polar surface area (TPSA) is 47.4 Å². The minimum atomic E-state index is 0.0176. The van der Waals surface area contributed by atoms with Crippen LogP contribution in [0.4, 0.5) is 0 Å². The van der Waals surface area contributed by atoms with Gasteiger partial charge in [-0.1, -0.05) is 0 Å². The van der Waals surface area contributed by atoms with Crippen molar-refractivity contribution in [3.8, 4) is 5.88 Å². The number of aromatic nitrogens is 2. The molecule has 0 spiro atoms. The Morgan fingerprint density at radius 3 is 3.04 bits per heavy atom. The number of hydrogen-bond acceptors (Lipinski definition) is 3. The Morgan fingerprint density at radius 2 is 2.22 bits per heavy atom. The van der Waals surface area contributed by atoms with Gasteiger partial charge in [0.25, 0.3) is 5.91 Å². The van der Waals surface area contributed by atoms with E-state index < -0.39 is 0 Å². The van der Waals surface area contributed by atoms with E-state index in [0.717, 1.165) is 31.5 Å². The zero-order chi connectivity index (χ0) is 16.0. The highest BCUT2D eigenvalue weighted by Crippen LogP contribution is 2.31. The van der Waals surface area contributed by atoms with E-state index in [2.05, 4.69) is 28.7 Å². The first kappa shape index (κ1) is 14.3. The van der Waals surface area contributed by atoms with E-state index in [4.69, 9.17) is 4.74 Å². The number of rotatable bonds is 2. The lowest BCUT2D eigenvalue weighted by atomic mass is 10.1. The Labute approximate surface area is 135 Å². The Morgan fingerprint density at radius 1 is 1.35 bits per heavy atom. The number of nitrogens with zero attached hydrogens (tertiary/aromatic N) is 3. The molecule has 5 heteroatoms. The molecule has 23 heavy (non-hydrogen) atoms. The molecule has 1 aliphatic heterocycles. The number of amides is 1. The van der Waals surface area contributed by atoms with E-state index >= 15 is 0 Å². The summed E-state index contributed by atoms with van der Waals surface area (Å²) in [4.78, 5) is 19.6. The zero-order valence-corrected chi connectivity index (χ0v) is 13.6. The number of carbonyl (C=O) groups is 1. The summed E-state index contributed by atoms with van der Waals surface area (Å²) in [7, 11) is 1.59. The summed E-state index contributed by atoms with van der Waals surface area (Å²) in [5.74, 6) is 0.479. The van der Waals surface area contributed by atoms with Crippen molar-refractivity contribution in [3.63, 3.8) is 0 Å². The van der Waals surface area contributed by atoms with Crippen LogP contribution in [0, 0.1) is 0 Å². The molecular formula is C18H21N3O2. The van der Waals surface area contributed by atoms with Crippen LogP contribution in [0.15, 0.2) is 24.4 Å². The third kappa shape index (κ3) is 2.22. The fraction of sp³-hybridized carbons (Fsp3) is 0.444. The number of hydrogen-bond donors (Lipinski definition) is 0. The predicted molar refractivity (Wildman–Crippen MR) is 86.7 cm³/mol. The van der Waals surface area contributed by atoms with E-state index in [1.807, 2.05) is 17.0 Å². The molecule has 5 nitrogen and oxygen atoms in total. The molecule has 0 unspecified atom stereocenters. The number of carbonyl (C=O) groups excluding carboxylic acids is 1.